The molecule has 0 saturated heterocycles. The summed E-state index contributed by atoms with van der Waals surface area (Å²) >= 11 is 5.71. The van der Waals surface area contributed by atoms with Crippen molar-refractivity contribution in [2.75, 3.05) is 11.1 Å². The van der Waals surface area contributed by atoms with Crippen LogP contribution in [-0.2, 0) is 4.79 Å². The maximum Gasteiger partial charge on any atom is 0.258 e. The number of nitrogens with two attached hydrogens (primary N) is 1. The quantitative estimate of drug-likeness (QED) is 0.750. The van der Waals surface area contributed by atoms with Crippen molar-refractivity contribution in [3.8, 4) is 0 Å². The number of aromatic nitrogens is 1. The second-order valence-electron chi connectivity index (χ2n) is 4.23. The van der Waals surface area contributed by atoms with E-state index in [1.54, 1.807) is 6.92 Å². The third-order valence-electron chi connectivity index (χ3n) is 2.49. The Labute approximate surface area is 142 Å². The summed E-state index contributed by atoms with van der Waals surface area (Å²) < 4.78 is 14.5. The molecule has 1 aromatic carbocycles. The Balaban J connectivity index is 2.13. The van der Waals surface area contributed by atoms with Crippen LogP contribution in [0.5, 0.6) is 0 Å². The summed E-state index contributed by atoms with van der Waals surface area (Å²) in [4.78, 5) is 27.2. The largest absolute Gasteiger partial charge is 0.369 e. The highest BCUT2D eigenvalue weighted by molar-refractivity contribution is 9.10. The lowest BCUT2D eigenvalue weighted by Gasteiger charge is -2.04. The minimum atomic E-state index is -0.499. The van der Waals surface area contributed by atoms with Gasteiger partial charge in [0.2, 0.25) is 5.91 Å². The van der Waals surface area contributed by atoms with Crippen LogP contribution < -0.4 is 11.1 Å². The first-order valence-electron chi connectivity index (χ1n) is 6.01. The van der Waals surface area contributed by atoms with E-state index in [1.807, 2.05) is 0 Å². The molecular formula is C13H11BrFN3O2S2. The summed E-state index contributed by atoms with van der Waals surface area (Å²) in [6.07, 6.45) is 0. The van der Waals surface area contributed by atoms with Crippen LogP contribution in [0.1, 0.15) is 16.1 Å². The van der Waals surface area contributed by atoms with Crippen LogP contribution in [0.25, 0.3) is 0 Å². The summed E-state index contributed by atoms with van der Waals surface area (Å²) in [6, 6.07) is 3.86. The average Bonchev–Trinajstić information content (AvgIpc) is 2.79. The number of carbonyl (C=O) groups is 2. The average molecular weight is 404 g/mol. The van der Waals surface area contributed by atoms with Crippen LogP contribution >= 0.6 is 39.0 Å². The van der Waals surface area contributed by atoms with Gasteiger partial charge in [-0.3, -0.25) is 14.9 Å². The molecule has 0 unspecified atom stereocenters. The fourth-order valence-electron chi connectivity index (χ4n) is 1.54. The zero-order valence-corrected chi connectivity index (χ0v) is 14.6. The van der Waals surface area contributed by atoms with Gasteiger partial charge >= 0.3 is 0 Å². The summed E-state index contributed by atoms with van der Waals surface area (Å²) in [6.45, 7) is 1.77. The van der Waals surface area contributed by atoms with Gasteiger partial charge in [-0.1, -0.05) is 11.3 Å². The van der Waals surface area contributed by atoms with E-state index in [0.29, 0.717) is 15.3 Å². The van der Waals surface area contributed by atoms with Crippen molar-refractivity contribution in [2.45, 2.75) is 11.1 Å². The minimum absolute atomic E-state index is 0.145. The number of nitrogens with zero attached hydrogens (tertiary/aromatic N) is 1. The van der Waals surface area contributed by atoms with Crippen LogP contribution in [0.2, 0.25) is 0 Å². The molecule has 0 aliphatic carbocycles. The lowest BCUT2D eigenvalue weighted by atomic mass is 10.2. The normalized spacial score (nSPS) is 10.5. The van der Waals surface area contributed by atoms with Gasteiger partial charge in [-0.05, 0) is 41.1 Å². The predicted molar refractivity (Wildman–Crippen MR) is 88.8 cm³/mol. The number of anilines is 1. The second kappa shape index (κ2) is 7.21. The molecule has 0 aliphatic heterocycles. The monoisotopic (exact) mass is 403 g/mol. The van der Waals surface area contributed by atoms with Gasteiger partial charge < -0.3 is 5.73 Å². The highest BCUT2D eigenvalue weighted by Gasteiger charge is 2.15. The van der Waals surface area contributed by atoms with Crippen molar-refractivity contribution in [3.63, 3.8) is 0 Å². The standard InChI is InChI=1S/C13H11BrFN3O2S2/c1-6-12(21-5-10(16)19)22-13(17-6)18-11(20)8-4-7(15)2-3-9(8)14/h2-4H,5H2,1H3,(H2,16,19)(H,17,18,20). The van der Waals surface area contributed by atoms with Crippen LogP contribution in [0.15, 0.2) is 26.9 Å². The van der Waals surface area contributed by atoms with Gasteiger partial charge in [-0.15, -0.1) is 11.8 Å². The maximum absolute atomic E-state index is 13.2. The molecule has 5 nitrogen and oxygen atoms in total. The number of nitrogens with one attached hydrogen (secondary N) is 1. The van der Waals surface area contributed by atoms with Crippen molar-refractivity contribution < 1.29 is 14.0 Å². The number of rotatable bonds is 5. The third kappa shape index (κ3) is 4.28. The van der Waals surface area contributed by atoms with Gasteiger partial charge in [0.1, 0.15) is 5.82 Å². The smallest absolute Gasteiger partial charge is 0.258 e. The molecule has 0 saturated carbocycles. The molecule has 2 amide bonds. The Morgan fingerprint density at radius 3 is 2.91 bits per heavy atom. The SMILES string of the molecule is Cc1nc(NC(=O)c2cc(F)ccc2Br)sc1SCC(N)=O. The zero-order valence-electron chi connectivity index (χ0n) is 11.4. The first-order valence-corrected chi connectivity index (χ1v) is 8.61. The Morgan fingerprint density at radius 2 is 2.23 bits per heavy atom. The number of thiazole rings is 1. The molecule has 1 heterocycles. The topological polar surface area (TPSA) is 85.1 Å². The molecule has 3 N–H and O–H groups in total. The fraction of sp³-hybridized carbons (Fsp3) is 0.154. The molecule has 9 heteroatoms. The lowest BCUT2D eigenvalue weighted by Crippen LogP contribution is -2.12. The number of halogens is 2. The van der Waals surface area contributed by atoms with E-state index in [9.17, 15) is 14.0 Å². The van der Waals surface area contributed by atoms with Gasteiger partial charge in [0, 0.05) is 4.47 Å². The summed E-state index contributed by atoms with van der Waals surface area (Å²) in [5.74, 6) is -1.24. The van der Waals surface area contributed by atoms with Gasteiger partial charge in [-0.25, -0.2) is 9.37 Å². The number of carbonyl (C=O) groups excluding carboxylic acids is 2. The number of amides is 2. The number of hydrogen-bond donors (Lipinski definition) is 2. The molecule has 0 aliphatic rings. The number of thioether (sulfide) groups is 1. The van der Waals surface area contributed by atoms with Gasteiger partial charge in [0.25, 0.3) is 5.91 Å². The minimum Gasteiger partial charge on any atom is -0.369 e. The highest BCUT2D eigenvalue weighted by Crippen LogP contribution is 2.32. The molecule has 22 heavy (non-hydrogen) atoms. The van der Waals surface area contributed by atoms with Crippen LogP contribution in [-0.4, -0.2) is 22.6 Å². The Hall–Kier alpha value is -1.45. The molecule has 0 spiro atoms. The summed E-state index contributed by atoms with van der Waals surface area (Å²) in [7, 11) is 0. The van der Waals surface area contributed by atoms with E-state index < -0.39 is 17.6 Å². The molecule has 0 atom stereocenters. The molecular weight excluding hydrogens is 393 g/mol. The predicted octanol–water partition coefficient (Wildman–Crippen LogP) is 3.18. The Morgan fingerprint density at radius 1 is 1.50 bits per heavy atom. The van der Waals surface area contributed by atoms with E-state index in [2.05, 4.69) is 26.2 Å². The van der Waals surface area contributed by atoms with Crippen LogP contribution in [0, 0.1) is 12.7 Å². The number of hydrogen-bond acceptors (Lipinski definition) is 5. The number of primary amides is 1. The first-order chi connectivity index (χ1) is 10.4. The molecule has 2 rings (SSSR count). The van der Waals surface area contributed by atoms with E-state index in [4.69, 9.17) is 5.73 Å². The Kier molecular flexibility index (Phi) is 5.54. The first kappa shape index (κ1) is 16.9. The number of benzene rings is 1. The van der Waals surface area contributed by atoms with Crippen molar-refractivity contribution in [2.24, 2.45) is 5.73 Å². The van der Waals surface area contributed by atoms with E-state index >= 15 is 0 Å². The van der Waals surface area contributed by atoms with E-state index in [1.165, 1.54) is 35.2 Å². The van der Waals surface area contributed by atoms with Gasteiger partial charge in [0.05, 0.1) is 21.2 Å². The molecule has 0 bridgehead atoms. The second-order valence-corrected chi connectivity index (χ2v) is 7.32. The molecule has 2 aromatic rings. The Bertz CT molecular complexity index is 736. The van der Waals surface area contributed by atoms with Crippen molar-refractivity contribution >= 4 is 56.0 Å². The van der Waals surface area contributed by atoms with Crippen LogP contribution in [0.3, 0.4) is 0 Å². The lowest BCUT2D eigenvalue weighted by molar-refractivity contribution is -0.115. The molecule has 1 aromatic heterocycles. The molecule has 116 valence electrons. The maximum atomic E-state index is 13.2. The third-order valence-corrected chi connectivity index (χ3v) is 5.64. The molecule has 0 radical (unpaired) electrons. The van der Waals surface area contributed by atoms with Crippen LogP contribution in [0.4, 0.5) is 9.52 Å². The fourth-order valence-corrected chi connectivity index (χ4v) is 3.84. The summed E-state index contributed by atoms with van der Waals surface area (Å²) in [5.41, 5.74) is 5.98. The highest BCUT2D eigenvalue weighted by atomic mass is 79.9. The zero-order chi connectivity index (χ0) is 16.3. The molecule has 0 fully saturated rings. The van der Waals surface area contributed by atoms with E-state index in [-0.39, 0.29) is 11.3 Å². The van der Waals surface area contributed by atoms with Crippen molar-refractivity contribution in [1.82, 2.24) is 4.98 Å². The van der Waals surface area contributed by atoms with Crippen molar-refractivity contribution in [1.29, 1.82) is 0 Å². The summed E-state index contributed by atoms with van der Waals surface area (Å²) in [5, 5.41) is 3.00. The van der Waals surface area contributed by atoms with Gasteiger partial charge in [-0.2, -0.15) is 0 Å². The van der Waals surface area contributed by atoms with Crippen molar-refractivity contribution in [3.05, 3.63) is 39.7 Å². The van der Waals surface area contributed by atoms with E-state index in [0.717, 1.165) is 10.3 Å². The van der Waals surface area contributed by atoms with Gasteiger partial charge in [0.15, 0.2) is 5.13 Å². The number of aryl methyl sites for hydroxylation is 1.